The summed E-state index contributed by atoms with van der Waals surface area (Å²) in [5.74, 6) is 6.67. The molecule has 3 rings (SSSR count). The van der Waals surface area contributed by atoms with Crippen molar-refractivity contribution in [2.75, 3.05) is 13.7 Å². The maximum atomic E-state index is 8.87. The van der Waals surface area contributed by atoms with Crippen LogP contribution < -0.4 is 5.32 Å². The van der Waals surface area contributed by atoms with Gasteiger partial charge in [-0.15, -0.1) is 24.0 Å². The molecule has 0 aromatic heterocycles. The van der Waals surface area contributed by atoms with Crippen molar-refractivity contribution in [3.63, 3.8) is 0 Å². The Balaban J connectivity index is 0.00000261. The Morgan fingerprint density at radius 1 is 1.07 bits per heavy atom. The summed E-state index contributed by atoms with van der Waals surface area (Å²) in [6.45, 7) is 0.187. The van der Waals surface area contributed by atoms with Crippen molar-refractivity contribution in [1.82, 2.24) is 5.32 Å². The van der Waals surface area contributed by atoms with Crippen LogP contribution in [0, 0.1) is 11.8 Å². The lowest BCUT2D eigenvalue weighted by Gasteiger charge is -2.32. The first-order chi connectivity index (χ1) is 12.6. The van der Waals surface area contributed by atoms with E-state index in [1.165, 1.54) is 16.7 Å². The fraction of sp³-hybridized carbons (Fsp3) is 0.364. The van der Waals surface area contributed by atoms with Gasteiger partial charge >= 0.3 is 0 Å². The maximum absolute atomic E-state index is 8.87. The third-order valence-corrected chi connectivity index (χ3v) is 5.71. The normalized spacial score (nSPS) is 18.1. The Bertz CT molecular complexity index is 844. The lowest BCUT2D eigenvalue weighted by atomic mass is 9.76. The number of aliphatic hydroxyl groups is 1. The predicted molar refractivity (Wildman–Crippen MR) is 124 cm³/mol. The zero-order valence-electron chi connectivity index (χ0n) is 15.3. The van der Waals surface area contributed by atoms with Gasteiger partial charge in [-0.3, -0.25) is 0 Å². The Labute approximate surface area is 188 Å². The minimum Gasteiger partial charge on any atom is -0.396 e. The molecule has 0 amide bonds. The number of halogens is 3. The number of rotatable bonds is 4. The minimum absolute atomic E-state index is 0. The number of aliphatic hydroxyl groups excluding tert-OH is 1. The highest BCUT2D eigenvalue weighted by atomic mass is 127. The number of benzene rings is 2. The topological polar surface area (TPSA) is 32.3 Å². The van der Waals surface area contributed by atoms with Gasteiger partial charge in [0.1, 0.15) is 0 Å². The summed E-state index contributed by atoms with van der Waals surface area (Å²) in [5.41, 5.74) is 4.87. The fourth-order valence-electron chi connectivity index (χ4n) is 3.62. The minimum atomic E-state index is 0. The molecule has 144 valence electrons. The zero-order chi connectivity index (χ0) is 18.5. The van der Waals surface area contributed by atoms with E-state index in [0.717, 1.165) is 31.2 Å². The van der Waals surface area contributed by atoms with Gasteiger partial charge in [-0.25, -0.2) is 0 Å². The molecule has 2 aromatic rings. The molecular formula is C22H24Cl2INO. The van der Waals surface area contributed by atoms with Crippen molar-refractivity contribution in [1.29, 1.82) is 0 Å². The van der Waals surface area contributed by atoms with Gasteiger partial charge in [0.05, 0.1) is 10.0 Å². The molecule has 27 heavy (non-hydrogen) atoms. The molecule has 0 radical (unpaired) electrons. The number of unbranched alkanes of at least 4 members (excludes halogenated alkanes) is 1. The summed E-state index contributed by atoms with van der Waals surface area (Å²) in [6.07, 6.45) is 3.57. The first-order valence-electron chi connectivity index (χ1n) is 9.00. The number of nitrogens with one attached hydrogen (secondary N) is 1. The Hall–Kier alpha value is -0.770. The van der Waals surface area contributed by atoms with Crippen LogP contribution in [0.4, 0.5) is 0 Å². The molecule has 0 bridgehead atoms. The summed E-state index contributed by atoms with van der Waals surface area (Å²) in [4.78, 5) is 0. The molecule has 1 aliphatic rings. The van der Waals surface area contributed by atoms with Crippen LogP contribution in [0.1, 0.15) is 59.9 Å². The Morgan fingerprint density at radius 3 is 2.59 bits per heavy atom. The molecule has 0 fully saturated rings. The summed E-state index contributed by atoms with van der Waals surface area (Å²) in [6, 6.07) is 12.8. The molecule has 2 atom stereocenters. The van der Waals surface area contributed by atoms with Crippen LogP contribution in [0.3, 0.4) is 0 Å². The van der Waals surface area contributed by atoms with E-state index < -0.39 is 0 Å². The first kappa shape index (κ1) is 22.5. The summed E-state index contributed by atoms with van der Waals surface area (Å²) >= 11 is 12.3. The van der Waals surface area contributed by atoms with Gasteiger partial charge in [0.25, 0.3) is 0 Å². The van der Waals surface area contributed by atoms with Gasteiger partial charge in [0, 0.05) is 30.6 Å². The Kier molecular flexibility index (Phi) is 8.91. The predicted octanol–water partition coefficient (Wildman–Crippen LogP) is 5.92. The molecule has 0 saturated heterocycles. The van der Waals surface area contributed by atoms with Crippen molar-refractivity contribution in [2.24, 2.45) is 0 Å². The molecule has 2 N–H and O–H groups in total. The third kappa shape index (κ3) is 5.40. The largest absolute Gasteiger partial charge is 0.396 e. The highest BCUT2D eigenvalue weighted by Gasteiger charge is 2.27. The molecule has 5 heteroatoms. The molecule has 0 aliphatic heterocycles. The standard InChI is InChI=1S/C22H23Cl2NO.HI/c1-25-22-11-9-17(16-7-10-20(23)21(24)14-16)18-8-6-15(13-19(18)22)5-3-2-4-12-26;/h6-8,10,13-14,17,22,25-26H,2,4,9,11-12H2,1H3;1H/t17-,22-;/m0./s1. The van der Waals surface area contributed by atoms with Crippen molar-refractivity contribution < 1.29 is 5.11 Å². The van der Waals surface area contributed by atoms with E-state index in [2.05, 4.69) is 41.4 Å². The van der Waals surface area contributed by atoms with E-state index in [1.807, 2.05) is 19.2 Å². The molecular weight excluding hydrogens is 492 g/mol. The fourth-order valence-corrected chi connectivity index (χ4v) is 3.93. The highest BCUT2D eigenvalue weighted by Crippen LogP contribution is 2.42. The summed E-state index contributed by atoms with van der Waals surface area (Å²) < 4.78 is 0. The zero-order valence-corrected chi connectivity index (χ0v) is 19.1. The second-order valence-corrected chi connectivity index (χ2v) is 7.43. The van der Waals surface area contributed by atoms with Crippen LogP contribution >= 0.6 is 47.2 Å². The van der Waals surface area contributed by atoms with Crippen LogP contribution in [-0.4, -0.2) is 18.8 Å². The highest BCUT2D eigenvalue weighted by molar-refractivity contribution is 14.0. The molecule has 2 nitrogen and oxygen atoms in total. The van der Waals surface area contributed by atoms with E-state index in [-0.39, 0.29) is 30.6 Å². The molecule has 1 aliphatic carbocycles. The number of fused-ring (bicyclic) bond motifs is 1. The third-order valence-electron chi connectivity index (χ3n) is 4.97. The van der Waals surface area contributed by atoms with E-state index in [0.29, 0.717) is 22.0 Å². The molecule has 0 heterocycles. The van der Waals surface area contributed by atoms with Crippen LogP contribution in [0.2, 0.25) is 10.0 Å². The van der Waals surface area contributed by atoms with Crippen LogP contribution in [0.25, 0.3) is 0 Å². The lowest BCUT2D eigenvalue weighted by Crippen LogP contribution is -2.24. The lowest BCUT2D eigenvalue weighted by molar-refractivity contribution is 0.290. The van der Waals surface area contributed by atoms with Crippen LogP contribution in [0.5, 0.6) is 0 Å². The average molecular weight is 516 g/mol. The van der Waals surface area contributed by atoms with Gasteiger partial charge in [-0.1, -0.05) is 47.2 Å². The quantitative estimate of drug-likeness (QED) is 0.301. The van der Waals surface area contributed by atoms with Gasteiger partial charge in [0.15, 0.2) is 0 Å². The van der Waals surface area contributed by atoms with Gasteiger partial charge in [-0.05, 0) is 67.3 Å². The van der Waals surface area contributed by atoms with Crippen LogP contribution in [0.15, 0.2) is 36.4 Å². The Morgan fingerprint density at radius 2 is 1.89 bits per heavy atom. The number of hydrogen-bond acceptors (Lipinski definition) is 2. The van der Waals surface area contributed by atoms with Crippen molar-refractivity contribution in [3.8, 4) is 11.8 Å². The SMILES string of the molecule is CN[C@H]1CC[C@@H](c2ccc(Cl)c(Cl)c2)c2ccc(C#CCCCO)cc21.I. The monoisotopic (exact) mass is 515 g/mol. The molecule has 0 saturated carbocycles. The second kappa shape index (κ2) is 10.7. The molecule has 0 unspecified atom stereocenters. The van der Waals surface area contributed by atoms with Crippen LogP contribution in [-0.2, 0) is 0 Å². The van der Waals surface area contributed by atoms with Gasteiger partial charge in [-0.2, -0.15) is 0 Å². The van der Waals surface area contributed by atoms with Gasteiger partial charge in [0.2, 0.25) is 0 Å². The van der Waals surface area contributed by atoms with E-state index in [9.17, 15) is 0 Å². The van der Waals surface area contributed by atoms with Crippen molar-refractivity contribution >= 4 is 47.2 Å². The van der Waals surface area contributed by atoms with Gasteiger partial charge < -0.3 is 10.4 Å². The molecule has 0 spiro atoms. The van der Waals surface area contributed by atoms with E-state index in [4.69, 9.17) is 28.3 Å². The van der Waals surface area contributed by atoms with Crippen molar-refractivity contribution in [2.45, 2.75) is 37.6 Å². The smallest absolute Gasteiger partial charge is 0.0595 e. The number of hydrogen-bond donors (Lipinski definition) is 2. The van der Waals surface area contributed by atoms with Crippen molar-refractivity contribution in [3.05, 3.63) is 68.7 Å². The second-order valence-electron chi connectivity index (χ2n) is 6.62. The maximum Gasteiger partial charge on any atom is 0.0595 e. The summed E-state index contributed by atoms with van der Waals surface area (Å²) in [7, 11) is 2.01. The summed E-state index contributed by atoms with van der Waals surface area (Å²) in [5, 5.41) is 13.5. The van der Waals surface area contributed by atoms with E-state index in [1.54, 1.807) is 0 Å². The average Bonchev–Trinajstić information content (AvgIpc) is 2.66. The molecule has 2 aromatic carbocycles. The van der Waals surface area contributed by atoms with E-state index >= 15 is 0 Å². The first-order valence-corrected chi connectivity index (χ1v) is 9.75.